The lowest BCUT2D eigenvalue weighted by Crippen LogP contribution is -2.19. The van der Waals surface area contributed by atoms with Crippen LogP contribution in [-0.2, 0) is 0 Å². The summed E-state index contributed by atoms with van der Waals surface area (Å²) in [5.74, 6) is 0.978. The summed E-state index contributed by atoms with van der Waals surface area (Å²) >= 11 is 0. The van der Waals surface area contributed by atoms with Gasteiger partial charge in [0.2, 0.25) is 0 Å². The Morgan fingerprint density at radius 3 is 2.73 bits per heavy atom. The maximum Gasteiger partial charge on any atom is 0.123 e. The number of hydrogen-bond acceptors (Lipinski definition) is 2. The minimum atomic E-state index is 0.348. The molecule has 15 heavy (non-hydrogen) atoms. The molecule has 1 rings (SSSR count). The van der Waals surface area contributed by atoms with Crippen LogP contribution < -0.4 is 10.1 Å². The Balaban J connectivity index is 2.82. The number of methoxy groups -OCH3 is 1. The molecular formula is C13H21NO. The molecule has 0 saturated carbocycles. The van der Waals surface area contributed by atoms with E-state index in [4.69, 9.17) is 4.74 Å². The lowest BCUT2D eigenvalue weighted by atomic mass is 10.0. The van der Waals surface area contributed by atoms with E-state index in [-0.39, 0.29) is 0 Å². The highest BCUT2D eigenvalue weighted by molar-refractivity contribution is 5.38. The molecule has 84 valence electrons. The molecule has 0 fully saturated rings. The van der Waals surface area contributed by atoms with Crippen LogP contribution in [-0.4, -0.2) is 13.7 Å². The summed E-state index contributed by atoms with van der Waals surface area (Å²) in [6.45, 7) is 7.46. The normalized spacial score (nSPS) is 12.5. The van der Waals surface area contributed by atoms with Crippen LogP contribution in [0.1, 0.15) is 37.4 Å². The molecule has 1 atom stereocenters. The Hall–Kier alpha value is -1.02. The highest BCUT2D eigenvalue weighted by Gasteiger charge is 2.09. The first kappa shape index (κ1) is 12.1. The third-order valence-electron chi connectivity index (χ3n) is 2.56. The molecule has 0 saturated heterocycles. The Morgan fingerprint density at radius 1 is 1.40 bits per heavy atom. The van der Waals surface area contributed by atoms with Crippen LogP contribution in [0, 0.1) is 6.92 Å². The van der Waals surface area contributed by atoms with Gasteiger partial charge in [-0.05, 0) is 38.4 Å². The first-order valence-electron chi connectivity index (χ1n) is 5.57. The van der Waals surface area contributed by atoms with Crippen molar-refractivity contribution in [1.82, 2.24) is 5.32 Å². The van der Waals surface area contributed by atoms with Gasteiger partial charge >= 0.3 is 0 Å². The predicted molar refractivity (Wildman–Crippen MR) is 64.4 cm³/mol. The summed E-state index contributed by atoms with van der Waals surface area (Å²) in [5, 5.41) is 3.46. The molecule has 0 heterocycles. The molecule has 0 aromatic heterocycles. The molecule has 1 N–H and O–H groups in total. The van der Waals surface area contributed by atoms with Crippen molar-refractivity contribution in [3.8, 4) is 5.75 Å². The minimum absolute atomic E-state index is 0.348. The smallest absolute Gasteiger partial charge is 0.123 e. The fraction of sp³-hybridized carbons (Fsp3) is 0.538. The lowest BCUT2D eigenvalue weighted by molar-refractivity contribution is 0.401. The fourth-order valence-corrected chi connectivity index (χ4v) is 1.65. The highest BCUT2D eigenvalue weighted by Crippen LogP contribution is 2.25. The predicted octanol–water partition coefficient (Wildman–Crippen LogP) is 3.06. The van der Waals surface area contributed by atoms with Gasteiger partial charge in [-0.1, -0.05) is 19.1 Å². The third kappa shape index (κ3) is 3.24. The Morgan fingerprint density at radius 2 is 2.13 bits per heavy atom. The molecule has 1 aromatic carbocycles. The zero-order valence-corrected chi connectivity index (χ0v) is 10.1. The van der Waals surface area contributed by atoms with Crippen LogP contribution in [0.3, 0.4) is 0 Å². The standard InChI is InChI=1S/C13H21NO/c1-5-8-14-11(3)12-7-6-10(2)9-13(12)15-4/h6-7,9,11,14H,5,8H2,1-4H3. The SMILES string of the molecule is CCCNC(C)c1ccc(C)cc1OC. The summed E-state index contributed by atoms with van der Waals surface area (Å²) in [6, 6.07) is 6.70. The Labute approximate surface area is 92.6 Å². The summed E-state index contributed by atoms with van der Waals surface area (Å²) < 4.78 is 5.39. The molecule has 0 aliphatic heterocycles. The minimum Gasteiger partial charge on any atom is -0.496 e. The van der Waals surface area contributed by atoms with Crippen molar-refractivity contribution in [3.05, 3.63) is 29.3 Å². The van der Waals surface area contributed by atoms with Gasteiger partial charge < -0.3 is 10.1 Å². The molecule has 0 radical (unpaired) electrons. The van der Waals surface area contributed by atoms with Gasteiger partial charge in [-0.15, -0.1) is 0 Å². The van der Waals surface area contributed by atoms with Crippen LogP contribution in [0.4, 0.5) is 0 Å². The first-order valence-corrected chi connectivity index (χ1v) is 5.57. The maximum atomic E-state index is 5.39. The van der Waals surface area contributed by atoms with Gasteiger partial charge in [0, 0.05) is 11.6 Å². The molecule has 0 aliphatic rings. The number of ether oxygens (including phenoxy) is 1. The number of rotatable bonds is 5. The van der Waals surface area contributed by atoms with Crippen molar-refractivity contribution >= 4 is 0 Å². The van der Waals surface area contributed by atoms with Gasteiger partial charge in [-0.2, -0.15) is 0 Å². The van der Waals surface area contributed by atoms with E-state index in [2.05, 4.69) is 44.3 Å². The largest absolute Gasteiger partial charge is 0.496 e. The van der Waals surface area contributed by atoms with Crippen molar-refractivity contribution in [2.24, 2.45) is 0 Å². The van der Waals surface area contributed by atoms with Gasteiger partial charge in [0.15, 0.2) is 0 Å². The molecule has 0 amide bonds. The van der Waals surface area contributed by atoms with Crippen LogP contribution >= 0.6 is 0 Å². The molecule has 2 nitrogen and oxygen atoms in total. The van der Waals surface area contributed by atoms with Crippen LogP contribution in [0.2, 0.25) is 0 Å². The van der Waals surface area contributed by atoms with Gasteiger partial charge in [0.25, 0.3) is 0 Å². The average molecular weight is 207 g/mol. The van der Waals surface area contributed by atoms with E-state index in [1.807, 2.05) is 0 Å². The maximum absolute atomic E-state index is 5.39. The van der Waals surface area contributed by atoms with Crippen LogP contribution in [0.5, 0.6) is 5.75 Å². The number of nitrogens with one attached hydrogen (secondary N) is 1. The van der Waals surface area contributed by atoms with E-state index in [1.165, 1.54) is 11.1 Å². The highest BCUT2D eigenvalue weighted by atomic mass is 16.5. The summed E-state index contributed by atoms with van der Waals surface area (Å²) in [7, 11) is 1.73. The Bertz CT molecular complexity index is 309. The molecule has 0 bridgehead atoms. The average Bonchev–Trinajstić information content (AvgIpc) is 2.25. The lowest BCUT2D eigenvalue weighted by Gasteiger charge is -2.17. The van der Waals surface area contributed by atoms with Crippen molar-refractivity contribution in [2.75, 3.05) is 13.7 Å². The summed E-state index contributed by atoms with van der Waals surface area (Å²) in [4.78, 5) is 0. The molecule has 2 heteroatoms. The van der Waals surface area contributed by atoms with E-state index in [9.17, 15) is 0 Å². The van der Waals surface area contributed by atoms with E-state index < -0.39 is 0 Å². The molecular weight excluding hydrogens is 186 g/mol. The van der Waals surface area contributed by atoms with E-state index in [0.717, 1.165) is 18.7 Å². The molecule has 1 aromatic rings. The summed E-state index contributed by atoms with van der Waals surface area (Å²) in [5.41, 5.74) is 2.47. The number of hydrogen-bond donors (Lipinski definition) is 1. The van der Waals surface area contributed by atoms with E-state index in [0.29, 0.717) is 6.04 Å². The summed E-state index contributed by atoms with van der Waals surface area (Å²) in [6.07, 6.45) is 1.15. The van der Waals surface area contributed by atoms with Crippen molar-refractivity contribution < 1.29 is 4.74 Å². The topological polar surface area (TPSA) is 21.3 Å². The van der Waals surface area contributed by atoms with Gasteiger partial charge in [0.1, 0.15) is 5.75 Å². The van der Waals surface area contributed by atoms with Crippen molar-refractivity contribution in [1.29, 1.82) is 0 Å². The quantitative estimate of drug-likeness (QED) is 0.801. The third-order valence-corrected chi connectivity index (χ3v) is 2.56. The monoisotopic (exact) mass is 207 g/mol. The zero-order chi connectivity index (χ0) is 11.3. The second-order valence-corrected chi connectivity index (χ2v) is 3.92. The Kier molecular flexibility index (Phi) is 4.63. The molecule has 1 unspecified atom stereocenters. The van der Waals surface area contributed by atoms with Gasteiger partial charge in [-0.3, -0.25) is 0 Å². The zero-order valence-electron chi connectivity index (χ0n) is 10.1. The second kappa shape index (κ2) is 5.76. The fourth-order valence-electron chi connectivity index (χ4n) is 1.65. The number of benzene rings is 1. The van der Waals surface area contributed by atoms with Crippen molar-refractivity contribution in [2.45, 2.75) is 33.2 Å². The van der Waals surface area contributed by atoms with Gasteiger partial charge in [-0.25, -0.2) is 0 Å². The van der Waals surface area contributed by atoms with Gasteiger partial charge in [0.05, 0.1) is 7.11 Å². The van der Waals surface area contributed by atoms with E-state index in [1.54, 1.807) is 7.11 Å². The molecule has 0 spiro atoms. The first-order chi connectivity index (χ1) is 7.19. The molecule has 0 aliphatic carbocycles. The van der Waals surface area contributed by atoms with Crippen LogP contribution in [0.25, 0.3) is 0 Å². The van der Waals surface area contributed by atoms with Crippen molar-refractivity contribution in [3.63, 3.8) is 0 Å². The number of aryl methyl sites for hydroxylation is 1. The van der Waals surface area contributed by atoms with Crippen LogP contribution in [0.15, 0.2) is 18.2 Å². The second-order valence-electron chi connectivity index (χ2n) is 3.92. The van der Waals surface area contributed by atoms with E-state index >= 15 is 0 Å².